The molecule has 19 heavy (non-hydrogen) atoms. The van der Waals surface area contributed by atoms with Gasteiger partial charge in [-0.3, -0.25) is 15.0 Å². The largest absolute Gasteiger partial charge is 0.496 e. The van der Waals surface area contributed by atoms with E-state index in [9.17, 15) is 4.79 Å². The molecule has 0 radical (unpaired) electrons. The zero-order valence-corrected chi connectivity index (χ0v) is 11.5. The third-order valence-electron chi connectivity index (χ3n) is 3.16. The second-order valence-electron chi connectivity index (χ2n) is 4.63. The Labute approximate surface area is 111 Å². The van der Waals surface area contributed by atoms with Crippen molar-refractivity contribution >= 4 is 0 Å². The molecule has 0 atom stereocenters. The molecule has 0 aliphatic rings. The predicted octanol–water partition coefficient (Wildman–Crippen LogP) is 1.50. The van der Waals surface area contributed by atoms with Gasteiger partial charge in [-0.25, -0.2) is 0 Å². The highest BCUT2D eigenvalue weighted by Crippen LogP contribution is 2.33. The van der Waals surface area contributed by atoms with E-state index >= 15 is 0 Å². The molecular formula is C14H19N3O2. The smallest absolute Gasteiger partial charge is 0.267 e. The third kappa shape index (κ3) is 2.42. The van der Waals surface area contributed by atoms with Gasteiger partial charge in [0.05, 0.1) is 12.8 Å². The molecule has 2 aromatic rings. The minimum Gasteiger partial charge on any atom is -0.496 e. The summed E-state index contributed by atoms with van der Waals surface area (Å²) < 4.78 is 5.46. The number of ether oxygens (including phenoxy) is 1. The first kappa shape index (κ1) is 13.4. The standard InChI is InChI=1S/C14H19N3O2/c1-8-6-9(2)13(19-3)11(7-8)12-10(4-5-15)14(18)17-16-12/h6-7H,4-5,15H2,1-3H3,(H2,16,17,18). The van der Waals surface area contributed by atoms with Gasteiger partial charge in [-0.2, -0.15) is 0 Å². The molecule has 5 heteroatoms. The highest BCUT2D eigenvalue weighted by molar-refractivity contribution is 5.72. The van der Waals surface area contributed by atoms with E-state index in [1.807, 2.05) is 19.9 Å². The molecular weight excluding hydrogens is 242 g/mol. The third-order valence-corrected chi connectivity index (χ3v) is 3.16. The van der Waals surface area contributed by atoms with Crippen molar-refractivity contribution < 1.29 is 4.74 Å². The maximum Gasteiger partial charge on any atom is 0.267 e. The van der Waals surface area contributed by atoms with Crippen molar-refractivity contribution in [3.63, 3.8) is 0 Å². The van der Waals surface area contributed by atoms with E-state index in [0.717, 1.165) is 28.1 Å². The van der Waals surface area contributed by atoms with E-state index in [1.165, 1.54) is 0 Å². The van der Waals surface area contributed by atoms with Crippen LogP contribution in [0.1, 0.15) is 16.7 Å². The number of aromatic amines is 2. The summed E-state index contributed by atoms with van der Waals surface area (Å²) in [7, 11) is 1.63. The molecule has 0 saturated carbocycles. The lowest BCUT2D eigenvalue weighted by Gasteiger charge is -2.12. The Morgan fingerprint density at radius 2 is 2.00 bits per heavy atom. The van der Waals surface area contributed by atoms with Crippen LogP contribution in [-0.4, -0.2) is 23.9 Å². The molecule has 0 aliphatic heterocycles. The van der Waals surface area contributed by atoms with Crippen molar-refractivity contribution in [1.29, 1.82) is 0 Å². The number of nitrogens with two attached hydrogens (primary N) is 1. The number of aryl methyl sites for hydroxylation is 2. The summed E-state index contributed by atoms with van der Waals surface area (Å²) in [4.78, 5) is 11.8. The Balaban J connectivity index is 2.68. The molecule has 1 aromatic carbocycles. The lowest BCUT2D eigenvalue weighted by atomic mass is 9.99. The van der Waals surface area contributed by atoms with Crippen molar-refractivity contribution in [2.24, 2.45) is 5.73 Å². The zero-order valence-electron chi connectivity index (χ0n) is 11.5. The van der Waals surface area contributed by atoms with Crippen molar-refractivity contribution in [3.05, 3.63) is 39.2 Å². The number of benzene rings is 1. The number of hydrogen-bond acceptors (Lipinski definition) is 3. The van der Waals surface area contributed by atoms with Gasteiger partial charge in [-0.15, -0.1) is 0 Å². The monoisotopic (exact) mass is 261 g/mol. The Bertz CT molecular complexity index is 641. The fraction of sp³-hybridized carbons (Fsp3) is 0.357. The molecule has 0 unspecified atom stereocenters. The van der Waals surface area contributed by atoms with Crippen LogP contribution in [0.4, 0.5) is 0 Å². The van der Waals surface area contributed by atoms with Gasteiger partial charge >= 0.3 is 0 Å². The molecule has 0 aliphatic carbocycles. The van der Waals surface area contributed by atoms with Gasteiger partial charge < -0.3 is 10.5 Å². The first-order valence-corrected chi connectivity index (χ1v) is 6.23. The van der Waals surface area contributed by atoms with Crippen LogP contribution >= 0.6 is 0 Å². The van der Waals surface area contributed by atoms with E-state index in [4.69, 9.17) is 10.5 Å². The summed E-state index contributed by atoms with van der Waals surface area (Å²) in [5, 5.41) is 5.55. The van der Waals surface area contributed by atoms with Gasteiger partial charge in [0.25, 0.3) is 5.56 Å². The normalized spacial score (nSPS) is 10.7. The Morgan fingerprint density at radius 3 is 2.63 bits per heavy atom. The van der Waals surface area contributed by atoms with Crippen LogP contribution in [0.25, 0.3) is 11.3 Å². The molecule has 5 nitrogen and oxygen atoms in total. The van der Waals surface area contributed by atoms with Gasteiger partial charge in [0.15, 0.2) is 0 Å². The quantitative estimate of drug-likeness (QED) is 0.779. The average Bonchev–Trinajstić information content (AvgIpc) is 2.71. The van der Waals surface area contributed by atoms with Crippen LogP contribution in [0.2, 0.25) is 0 Å². The molecule has 2 rings (SSSR count). The van der Waals surface area contributed by atoms with Gasteiger partial charge in [0, 0.05) is 11.1 Å². The maximum atomic E-state index is 11.8. The molecule has 1 aromatic heterocycles. The minimum absolute atomic E-state index is 0.123. The number of rotatable bonds is 4. The number of nitrogens with one attached hydrogen (secondary N) is 2. The number of aromatic nitrogens is 2. The summed E-state index contributed by atoms with van der Waals surface area (Å²) >= 11 is 0. The van der Waals surface area contributed by atoms with Crippen LogP contribution in [0.15, 0.2) is 16.9 Å². The first-order valence-electron chi connectivity index (χ1n) is 6.23. The number of H-pyrrole nitrogens is 2. The number of methoxy groups -OCH3 is 1. The summed E-state index contributed by atoms with van der Waals surface area (Å²) in [6.07, 6.45) is 0.532. The minimum atomic E-state index is -0.123. The van der Waals surface area contributed by atoms with Crippen molar-refractivity contribution in [1.82, 2.24) is 10.2 Å². The van der Waals surface area contributed by atoms with Crippen LogP contribution < -0.4 is 16.0 Å². The van der Waals surface area contributed by atoms with E-state index in [0.29, 0.717) is 18.5 Å². The molecule has 0 saturated heterocycles. The van der Waals surface area contributed by atoms with Crippen molar-refractivity contribution in [3.8, 4) is 17.0 Å². The second kappa shape index (κ2) is 5.32. The first-order chi connectivity index (χ1) is 9.08. The predicted molar refractivity (Wildman–Crippen MR) is 75.6 cm³/mol. The Hall–Kier alpha value is -2.01. The van der Waals surface area contributed by atoms with Gasteiger partial charge in [0.2, 0.25) is 0 Å². The fourth-order valence-corrected chi connectivity index (χ4v) is 2.41. The highest BCUT2D eigenvalue weighted by atomic mass is 16.5. The van der Waals surface area contributed by atoms with Crippen LogP contribution in [0.3, 0.4) is 0 Å². The topological polar surface area (TPSA) is 83.9 Å². The second-order valence-corrected chi connectivity index (χ2v) is 4.63. The Kier molecular flexibility index (Phi) is 3.76. The molecule has 4 N–H and O–H groups in total. The molecule has 0 amide bonds. The summed E-state index contributed by atoms with van der Waals surface area (Å²) in [5.74, 6) is 0.777. The maximum absolute atomic E-state index is 11.8. The zero-order chi connectivity index (χ0) is 14.0. The highest BCUT2D eigenvalue weighted by Gasteiger charge is 2.16. The summed E-state index contributed by atoms with van der Waals surface area (Å²) in [5.41, 5.74) is 9.93. The average molecular weight is 261 g/mol. The molecule has 0 fully saturated rings. The van der Waals surface area contributed by atoms with Gasteiger partial charge in [0.1, 0.15) is 5.75 Å². The van der Waals surface area contributed by atoms with Gasteiger partial charge in [-0.1, -0.05) is 6.07 Å². The van der Waals surface area contributed by atoms with Gasteiger partial charge in [-0.05, 0) is 44.0 Å². The fourth-order valence-electron chi connectivity index (χ4n) is 2.41. The molecule has 1 heterocycles. The summed E-state index contributed by atoms with van der Waals surface area (Å²) in [6, 6.07) is 4.06. The molecule has 0 spiro atoms. The van der Waals surface area contributed by atoms with Crippen LogP contribution in [0, 0.1) is 13.8 Å². The lowest BCUT2D eigenvalue weighted by Crippen LogP contribution is -2.12. The summed E-state index contributed by atoms with van der Waals surface area (Å²) in [6.45, 7) is 4.44. The van der Waals surface area contributed by atoms with Crippen molar-refractivity contribution in [2.45, 2.75) is 20.3 Å². The lowest BCUT2D eigenvalue weighted by molar-refractivity contribution is 0.413. The molecule has 0 bridgehead atoms. The number of hydrogen-bond donors (Lipinski definition) is 3. The van der Waals surface area contributed by atoms with E-state index < -0.39 is 0 Å². The van der Waals surface area contributed by atoms with Crippen LogP contribution in [0.5, 0.6) is 5.75 Å². The van der Waals surface area contributed by atoms with Crippen molar-refractivity contribution in [2.75, 3.05) is 13.7 Å². The van der Waals surface area contributed by atoms with Crippen LogP contribution in [-0.2, 0) is 6.42 Å². The SMILES string of the molecule is COc1c(C)cc(C)cc1-c1[nH][nH]c(=O)c1CCN. The van der Waals surface area contributed by atoms with E-state index in [-0.39, 0.29) is 5.56 Å². The molecule has 102 valence electrons. The van der Waals surface area contributed by atoms with E-state index in [1.54, 1.807) is 7.11 Å². The van der Waals surface area contributed by atoms with E-state index in [2.05, 4.69) is 16.3 Å². The Morgan fingerprint density at radius 1 is 1.26 bits per heavy atom.